The number of nitrogens with zero attached hydrogens (tertiary/aromatic N) is 3. The molecule has 0 spiro atoms. The summed E-state index contributed by atoms with van der Waals surface area (Å²) in [5.74, 6) is 2.53. The van der Waals surface area contributed by atoms with Crippen LogP contribution < -0.4 is 5.32 Å². The van der Waals surface area contributed by atoms with Crippen LogP contribution in [0.1, 0.15) is 43.5 Å². The van der Waals surface area contributed by atoms with E-state index in [1.807, 2.05) is 18.4 Å². The standard InChI is InChI=1S/C19H32N4S/c1-15-7-4-11-23(14-15)19(20-2)21-13-16-8-5-10-22(3)18(16)17-9-6-12-24-17/h6,9,12,15-16,18H,4-5,7-8,10-11,13-14H2,1-3H3,(H,20,21). The first kappa shape index (κ1) is 17.7. The predicted molar refractivity (Wildman–Crippen MR) is 104 cm³/mol. The molecule has 1 aromatic rings. The van der Waals surface area contributed by atoms with Crippen molar-refractivity contribution in [3.8, 4) is 0 Å². The van der Waals surface area contributed by atoms with Crippen LogP contribution >= 0.6 is 11.3 Å². The first-order valence-corrected chi connectivity index (χ1v) is 10.3. The van der Waals surface area contributed by atoms with E-state index in [0.29, 0.717) is 12.0 Å². The summed E-state index contributed by atoms with van der Waals surface area (Å²) in [4.78, 5) is 11.0. The molecule has 2 saturated heterocycles. The molecule has 2 fully saturated rings. The van der Waals surface area contributed by atoms with Crippen molar-refractivity contribution in [3.63, 3.8) is 0 Å². The summed E-state index contributed by atoms with van der Waals surface area (Å²) in [7, 11) is 4.20. The van der Waals surface area contributed by atoms with E-state index in [1.165, 1.54) is 37.1 Å². The zero-order valence-electron chi connectivity index (χ0n) is 15.4. The highest BCUT2D eigenvalue weighted by Gasteiger charge is 2.31. The molecule has 0 amide bonds. The zero-order valence-corrected chi connectivity index (χ0v) is 16.2. The number of rotatable bonds is 3. The summed E-state index contributed by atoms with van der Waals surface area (Å²) < 4.78 is 0. The first-order chi connectivity index (χ1) is 11.7. The molecule has 3 heterocycles. The van der Waals surface area contributed by atoms with Gasteiger partial charge in [-0.3, -0.25) is 9.89 Å². The minimum Gasteiger partial charge on any atom is -0.356 e. The van der Waals surface area contributed by atoms with Crippen LogP contribution in [0.3, 0.4) is 0 Å². The number of piperidine rings is 2. The average Bonchev–Trinajstić information content (AvgIpc) is 3.09. The molecule has 0 bridgehead atoms. The van der Waals surface area contributed by atoms with Crippen LogP contribution in [0.5, 0.6) is 0 Å². The lowest BCUT2D eigenvalue weighted by molar-refractivity contribution is 0.124. The molecule has 0 aromatic carbocycles. The van der Waals surface area contributed by atoms with Crippen LogP contribution in [-0.4, -0.2) is 56.0 Å². The Hall–Kier alpha value is -1.07. The van der Waals surface area contributed by atoms with Crippen LogP contribution in [0.4, 0.5) is 0 Å². The maximum absolute atomic E-state index is 4.56. The Balaban J connectivity index is 1.63. The van der Waals surface area contributed by atoms with Crippen molar-refractivity contribution in [2.24, 2.45) is 16.8 Å². The van der Waals surface area contributed by atoms with Crippen LogP contribution in [0, 0.1) is 11.8 Å². The number of aliphatic imine (C=N–C) groups is 1. The Bertz CT molecular complexity index is 527. The molecule has 5 heteroatoms. The van der Waals surface area contributed by atoms with Crippen molar-refractivity contribution < 1.29 is 0 Å². The molecule has 0 saturated carbocycles. The van der Waals surface area contributed by atoms with E-state index in [2.05, 4.69) is 51.6 Å². The van der Waals surface area contributed by atoms with Crippen molar-refractivity contribution in [2.75, 3.05) is 40.3 Å². The number of likely N-dealkylation sites (tertiary alicyclic amines) is 2. The Labute approximate surface area is 150 Å². The van der Waals surface area contributed by atoms with E-state index in [9.17, 15) is 0 Å². The van der Waals surface area contributed by atoms with Crippen molar-refractivity contribution >= 4 is 17.3 Å². The SMILES string of the molecule is CN=C(NCC1CCCN(C)C1c1cccs1)N1CCCC(C)C1. The van der Waals surface area contributed by atoms with Crippen LogP contribution in [0.25, 0.3) is 0 Å². The van der Waals surface area contributed by atoms with Gasteiger partial charge in [0.05, 0.1) is 0 Å². The molecule has 1 N–H and O–H groups in total. The third-order valence-corrected chi connectivity index (χ3v) is 6.48. The summed E-state index contributed by atoms with van der Waals surface area (Å²) in [5, 5.41) is 5.90. The fourth-order valence-electron chi connectivity index (χ4n) is 4.32. The topological polar surface area (TPSA) is 30.9 Å². The zero-order chi connectivity index (χ0) is 16.9. The fourth-order valence-corrected chi connectivity index (χ4v) is 5.30. The molecule has 4 nitrogen and oxygen atoms in total. The van der Waals surface area contributed by atoms with Gasteiger partial charge >= 0.3 is 0 Å². The van der Waals surface area contributed by atoms with E-state index < -0.39 is 0 Å². The van der Waals surface area contributed by atoms with Crippen LogP contribution in [0.2, 0.25) is 0 Å². The number of hydrogen-bond donors (Lipinski definition) is 1. The van der Waals surface area contributed by atoms with E-state index in [-0.39, 0.29) is 0 Å². The molecule has 3 atom stereocenters. The van der Waals surface area contributed by atoms with E-state index in [1.54, 1.807) is 0 Å². The molecule has 3 unspecified atom stereocenters. The summed E-state index contributed by atoms with van der Waals surface area (Å²) >= 11 is 1.90. The summed E-state index contributed by atoms with van der Waals surface area (Å²) in [6.45, 7) is 6.85. The second-order valence-corrected chi connectivity index (χ2v) is 8.44. The van der Waals surface area contributed by atoms with Gasteiger partial charge in [0, 0.05) is 37.6 Å². The molecular weight excluding hydrogens is 316 g/mol. The van der Waals surface area contributed by atoms with Crippen molar-refractivity contribution in [1.29, 1.82) is 0 Å². The molecule has 3 rings (SSSR count). The molecular formula is C19H32N4S. The number of guanidine groups is 1. The third kappa shape index (κ3) is 4.12. The Morgan fingerprint density at radius 2 is 2.17 bits per heavy atom. The maximum Gasteiger partial charge on any atom is 0.193 e. The molecule has 134 valence electrons. The smallest absolute Gasteiger partial charge is 0.193 e. The molecule has 2 aliphatic rings. The largest absolute Gasteiger partial charge is 0.356 e. The van der Waals surface area contributed by atoms with Gasteiger partial charge in [-0.1, -0.05) is 13.0 Å². The lowest BCUT2D eigenvalue weighted by Crippen LogP contribution is -2.49. The van der Waals surface area contributed by atoms with E-state index in [4.69, 9.17) is 0 Å². The lowest BCUT2D eigenvalue weighted by atomic mass is 9.88. The van der Waals surface area contributed by atoms with Crippen molar-refractivity contribution in [1.82, 2.24) is 15.1 Å². The van der Waals surface area contributed by atoms with Gasteiger partial charge in [-0.2, -0.15) is 0 Å². The molecule has 1 aromatic heterocycles. The van der Waals surface area contributed by atoms with Gasteiger partial charge in [-0.15, -0.1) is 11.3 Å². The van der Waals surface area contributed by atoms with Crippen LogP contribution in [-0.2, 0) is 0 Å². The average molecular weight is 349 g/mol. The Kier molecular flexibility index (Phi) is 6.17. The predicted octanol–water partition coefficient (Wildman–Crippen LogP) is 3.44. The van der Waals surface area contributed by atoms with Gasteiger partial charge in [-0.05, 0) is 62.6 Å². The lowest BCUT2D eigenvalue weighted by Gasteiger charge is -2.40. The quantitative estimate of drug-likeness (QED) is 0.670. The number of hydrogen-bond acceptors (Lipinski definition) is 3. The fraction of sp³-hybridized carbons (Fsp3) is 0.737. The minimum atomic E-state index is 0.546. The molecule has 24 heavy (non-hydrogen) atoms. The summed E-state index contributed by atoms with van der Waals surface area (Å²) in [5.41, 5.74) is 0. The maximum atomic E-state index is 4.56. The third-order valence-electron chi connectivity index (χ3n) is 5.53. The summed E-state index contributed by atoms with van der Waals surface area (Å²) in [6.07, 6.45) is 5.23. The molecule has 2 aliphatic heterocycles. The summed E-state index contributed by atoms with van der Waals surface area (Å²) in [6, 6.07) is 5.02. The van der Waals surface area contributed by atoms with Crippen LogP contribution in [0.15, 0.2) is 22.5 Å². The van der Waals surface area contributed by atoms with Gasteiger partial charge in [0.15, 0.2) is 5.96 Å². The second kappa shape index (κ2) is 8.34. The van der Waals surface area contributed by atoms with Crippen molar-refractivity contribution in [2.45, 2.75) is 38.6 Å². The molecule has 0 radical (unpaired) electrons. The van der Waals surface area contributed by atoms with Gasteiger partial charge in [0.2, 0.25) is 0 Å². The minimum absolute atomic E-state index is 0.546. The highest BCUT2D eigenvalue weighted by atomic mass is 32.1. The monoisotopic (exact) mass is 348 g/mol. The van der Waals surface area contributed by atoms with Crippen molar-refractivity contribution in [3.05, 3.63) is 22.4 Å². The van der Waals surface area contributed by atoms with Gasteiger partial charge in [0.25, 0.3) is 0 Å². The second-order valence-electron chi connectivity index (χ2n) is 7.46. The van der Waals surface area contributed by atoms with E-state index in [0.717, 1.165) is 31.5 Å². The first-order valence-electron chi connectivity index (χ1n) is 9.38. The number of nitrogens with one attached hydrogen (secondary N) is 1. The normalized spacial score (nSPS) is 29.7. The Morgan fingerprint density at radius 3 is 2.88 bits per heavy atom. The Morgan fingerprint density at radius 1 is 1.33 bits per heavy atom. The number of thiophene rings is 1. The van der Waals surface area contributed by atoms with Gasteiger partial charge in [0.1, 0.15) is 0 Å². The molecule has 0 aliphatic carbocycles. The van der Waals surface area contributed by atoms with Gasteiger partial charge in [-0.25, -0.2) is 0 Å². The highest BCUT2D eigenvalue weighted by Crippen LogP contribution is 2.36. The van der Waals surface area contributed by atoms with Gasteiger partial charge < -0.3 is 10.2 Å². The highest BCUT2D eigenvalue weighted by molar-refractivity contribution is 7.10. The van der Waals surface area contributed by atoms with E-state index >= 15 is 0 Å².